The highest BCUT2D eigenvalue weighted by Crippen LogP contribution is 2.30. The van der Waals surface area contributed by atoms with Gasteiger partial charge in [-0.15, -0.1) is 10.2 Å². The third kappa shape index (κ3) is 4.42. The molecule has 1 saturated carbocycles. The number of hydrogen-bond donors (Lipinski definition) is 2. The molecule has 1 aromatic heterocycles. The van der Waals surface area contributed by atoms with Crippen molar-refractivity contribution in [2.45, 2.75) is 32.8 Å². The fourth-order valence-electron chi connectivity index (χ4n) is 2.08. The van der Waals surface area contributed by atoms with Gasteiger partial charge in [0.2, 0.25) is 5.91 Å². The second kappa shape index (κ2) is 6.64. The van der Waals surface area contributed by atoms with E-state index in [2.05, 4.69) is 20.8 Å². The smallest absolute Gasteiger partial charge is 0.228 e. The quantitative estimate of drug-likeness (QED) is 0.855. The molecule has 1 aliphatic rings. The lowest BCUT2D eigenvalue weighted by molar-refractivity contribution is -0.117. The molecule has 0 atom stereocenters. The molecule has 0 spiro atoms. The van der Waals surface area contributed by atoms with E-state index in [0.717, 1.165) is 24.3 Å². The van der Waals surface area contributed by atoms with E-state index in [1.54, 1.807) is 12.1 Å². The van der Waals surface area contributed by atoms with E-state index in [1.165, 1.54) is 0 Å². The van der Waals surface area contributed by atoms with Crippen molar-refractivity contribution in [3.05, 3.63) is 36.4 Å². The number of carbonyl (C=O) groups is 1. The van der Waals surface area contributed by atoms with Crippen molar-refractivity contribution in [2.75, 3.05) is 10.6 Å². The Morgan fingerprint density at radius 2 is 1.74 bits per heavy atom. The molecule has 2 aromatic rings. The lowest BCUT2D eigenvalue weighted by atomic mass is 10.3. The number of benzene rings is 1. The van der Waals surface area contributed by atoms with E-state index in [4.69, 9.17) is 4.74 Å². The van der Waals surface area contributed by atoms with Crippen LogP contribution in [0.1, 0.15) is 26.7 Å². The second-order valence-corrected chi connectivity index (χ2v) is 5.88. The molecule has 0 radical (unpaired) electrons. The van der Waals surface area contributed by atoms with Gasteiger partial charge in [-0.05, 0) is 63.1 Å². The molecule has 120 valence electrons. The number of nitrogens with zero attached hydrogens (tertiary/aromatic N) is 2. The first-order chi connectivity index (χ1) is 11.1. The fourth-order valence-corrected chi connectivity index (χ4v) is 2.08. The predicted octanol–water partition coefficient (Wildman–Crippen LogP) is 3.36. The molecule has 1 fully saturated rings. The van der Waals surface area contributed by atoms with Crippen molar-refractivity contribution in [1.29, 1.82) is 0 Å². The molecule has 0 unspecified atom stereocenters. The average molecular weight is 312 g/mol. The molecule has 1 amide bonds. The lowest BCUT2D eigenvalue weighted by Crippen LogP contribution is -2.14. The van der Waals surface area contributed by atoms with Crippen molar-refractivity contribution in [2.24, 2.45) is 5.92 Å². The highest BCUT2D eigenvalue weighted by atomic mass is 16.5. The van der Waals surface area contributed by atoms with E-state index < -0.39 is 0 Å². The lowest BCUT2D eigenvalue weighted by Gasteiger charge is -2.11. The predicted molar refractivity (Wildman–Crippen MR) is 88.9 cm³/mol. The van der Waals surface area contributed by atoms with Crippen molar-refractivity contribution in [3.8, 4) is 5.75 Å². The summed E-state index contributed by atoms with van der Waals surface area (Å²) in [7, 11) is 0. The topological polar surface area (TPSA) is 76.1 Å². The monoisotopic (exact) mass is 312 g/mol. The fraction of sp³-hybridized carbons (Fsp3) is 0.353. The van der Waals surface area contributed by atoms with Gasteiger partial charge in [0.05, 0.1) is 6.10 Å². The van der Waals surface area contributed by atoms with Crippen LogP contribution in [0.15, 0.2) is 36.4 Å². The zero-order valence-corrected chi connectivity index (χ0v) is 13.2. The summed E-state index contributed by atoms with van der Waals surface area (Å²) in [6, 6.07) is 11.2. The summed E-state index contributed by atoms with van der Waals surface area (Å²) in [6.07, 6.45) is 2.09. The second-order valence-electron chi connectivity index (χ2n) is 5.88. The molecule has 6 heteroatoms. The van der Waals surface area contributed by atoms with E-state index in [-0.39, 0.29) is 17.9 Å². The first kappa shape index (κ1) is 15.3. The number of hydrogen-bond acceptors (Lipinski definition) is 5. The number of aromatic nitrogens is 2. The van der Waals surface area contributed by atoms with Crippen molar-refractivity contribution in [1.82, 2.24) is 10.2 Å². The third-order valence-electron chi connectivity index (χ3n) is 3.36. The summed E-state index contributed by atoms with van der Waals surface area (Å²) in [6.45, 7) is 3.98. The normalized spacial score (nSPS) is 13.7. The molecular formula is C17H20N4O2. The molecule has 1 aromatic carbocycles. The summed E-state index contributed by atoms with van der Waals surface area (Å²) in [5.74, 6) is 2.11. The Hall–Kier alpha value is -2.63. The maximum Gasteiger partial charge on any atom is 0.228 e. The van der Waals surface area contributed by atoms with Crippen LogP contribution in [0.4, 0.5) is 17.3 Å². The minimum absolute atomic E-state index is 0.0285. The summed E-state index contributed by atoms with van der Waals surface area (Å²) in [5.41, 5.74) is 0.894. The maximum absolute atomic E-state index is 11.7. The van der Waals surface area contributed by atoms with Gasteiger partial charge in [-0.3, -0.25) is 4.79 Å². The van der Waals surface area contributed by atoms with Crippen LogP contribution in [0.5, 0.6) is 5.75 Å². The number of ether oxygens (including phenoxy) is 1. The summed E-state index contributed by atoms with van der Waals surface area (Å²) < 4.78 is 5.60. The van der Waals surface area contributed by atoms with Gasteiger partial charge in [0.15, 0.2) is 11.6 Å². The Labute approximate surface area is 135 Å². The van der Waals surface area contributed by atoms with Gasteiger partial charge >= 0.3 is 0 Å². The Morgan fingerprint density at radius 3 is 2.30 bits per heavy atom. The molecule has 23 heavy (non-hydrogen) atoms. The van der Waals surface area contributed by atoms with Crippen LogP contribution in [-0.2, 0) is 4.79 Å². The standard InChI is InChI=1S/C17H20N4O2/c1-11(2)23-14-7-5-13(6-8-14)18-15-9-10-16(21-20-15)19-17(22)12-3-4-12/h5-12H,3-4H2,1-2H3,(H,18,20)(H,19,21,22). The van der Waals surface area contributed by atoms with Crippen molar-refractivity contribution in [3.63, 3.8) is 0 Å². The van der Waals surface area contributed by atoms with Crippen molar-refractivity contribution >= 4 is 23.2 Å². The highest BCUT2D eigenvalue weighted by Gasteiger charge is 2.29. The number of amides is 1. The van der Waals surface area contributed by atoms with Crippen LogP contribution in [0.25, 0.3) is 0 Å². The molecule has 1 aliphatic carbocycles. The minimum atomic E-state index is 0.0285. The van der Waals surface area contributed by atoms with Gasteiger partial charge in [0, 0.05) is 11.6 Å². The first-order valence-corrected chi connectivity index (χ1v) is 7.78. The van der Waals surface area contributed by atoms with Crippen LogP contribution in [0.3, 0.4) is 0 Å². The van der Waals surface area contributed by atoms with E-state index in [9.17, 15) is 4.79 Å². The highest BCUT2D eigenvalue weighted by molar-refractivity contribution is 5.93. The Balaban J connectivity index is 1.58. The van der Waals surface area contributed by atoms with Gasteiger partial charge in [0.1, 0.15) is 5.75 Å². The molecule has 1 heterocycles. The van der Waals surface area contributed by atoms with E-state index in [1.807, 2.05) is 38.1 Å². The van der Waals surface area contributed by atoms with Gasteiger partial charge in [0.25, 0.3) is 0 Å². The van der Waals surface area contributed by atoms with Crippen LogP contribution >= 0.6 is 0 Å². The van der Waals surface area contributed by atoms with Gasteiger partial charge in [-0.2, -0.15) is 0 Å². The zero-order chi connectivity index (χ0) is 16.2. The van der Waals surface area contributed by atoms with E-state index >= 15 is 0 Å². The van der Waals surface area contributed by atoms with Crippen LogP contribution < -0.4 is 15.4 Å². The molecule has 6 nitrogen and oxygen atoms in total. The summed E-state index contributed by atoms with van der Waals surface area (Å²) in [4.78, 5) is 11.7. The van der Waals surface area contributed by atoms with Crippen LogP contribution in [-0.4, -0.2) is 22.2 Å². The average Bonchev–Trinajstić information content (AvgIpc) is 3.35. The number of anilines is 3. The Morgan fingerprint density at radius 1 is 1.09 bits per heavy atom. The molecule has 0 saturated heterocycles. The molecule has 3 rings (SSSR count). The summed E-state index contributed by atoms with van der Waals surface area (Å²) in [5, 5.41) is 14.0. The van der Waals surface area contributed by atoms with Gasteiger partial charge < -0.3 is 15.4 Å². The Kier molecular flexibility index (Phi) is 4.41. The largest absolute Gasteiger partial charge is 0.491 e. The summed E-state index contributed by atoms with van der Waals surface area (Å²) >= 11 is 0. The minimum Gasteiger partial charge on any atom is -0.491 e. The number of carbonyl (C=O) groups excluding carboxylic acids is 1. The Bertz CT molecular complexity index is 664. The molecular weight excluding hydrogens is 292 g/mol. The maximum atomic E-state index is 11.7. The van der Waals surface area contributed by atoms with Gasteiger partial charge in [-0.25, -0.2) is 0 Å². The first-order valence-electron chi connectivity index (χ1n) is 7.78. The third-order valence-corrected chi connectivity index (χ3v) is 3.36. The van der Waals surface area contributed by atoms with E-state index in [0.29, 0.717) is 11.6 Å². The molecule has 0 bridgehead atoms. The van der Waals surface area contributed by atoms with Crippen LogP contribution in [0.2, 0.25) is 0 Å². The van der Waals surface area contributed by atoms with Gasteiger partial charge in [-0.1, -0.05) is 0 Å². The molecule has 2 N–H and O–H groups in total. The zero-order valence-electron chi connectivity index (χ0n) is 13.2. The van der Waals surface area contributed by atoms with Crippen molar-refractivity contribution < 1.29 is 9.53 Å². The molecule has 0 aliphatic heterocycles. The van der Waals surface area contributed by atoms with Crippen LogP contribution in [0, 0.1) is 5.92 Å². The SMILES string of the molecule is CC(C)Oc1ccc(Nc2ccc(NC(=O)C3CC3)nn2)cc1. The number of rotatable bonds is 6. The number of nitrogens with one attached hydrogen (secondary N) is 2.